The summed E-state index contributed by atoms with van der Waals surface area (Å²) in [4.78, 5) is 0.305. The average Bonchev–Trinajstić information content (AvgIpc) is 2.50. The van der Waals surface area contributed by atoms with Gasteiger partial charge in [-0.05, 0) is 49.1 Å². The van der Waals surface area contributed by atoms with Gasteiger partial charge in [0.25, 0.3) is 0 Å². The van der Waals surface area contributed by atoms with E-state index in [0.29, 0.717) is 29.2 Å². The van der Waals surface area contributed by atoms with E-state index in [0.717, 1.165) is 11.1 Å². The second-order valence-electron chi connectivity index (χ2n) is 5.15. The molecule has 2 aromatic carbocycles. The number of benzene rings is 2. The molecule has 0 amide bonds. The highest BCUT2D eigenvalue weighted by atomic mass is 32.2. The van der Waals surface area contributed by atoms with E-state index in [2.05, 4.69) is 4.72 Å². The van der Waals surface area contributed by atoms with Gasteiger partial charge in [-0.25, -0.2) is 13.1 Å². The quantitative estimate of drug-likeness (QED) is 0.891. The van der Waals surface area contributed by atoms with E-state index in [-0.39, 0.29) is 0 Å². The maximum atomic E-state index is 12.4. The predicted molar refractivity (Wildman–Crippen MR) is 87.8 cm³/mol. The number of methoxy groups -OCH3 is 1. The van der Waals surface area contributed by atoms with Gasteiger partial charge in [-0.15, -0.1) is 0 Å². The molecule has 0 atom stereocenters. The summed E-state index contributed by atoms with van der Waals surface area (Å²) in [5, 5.41) is 0. The van der Waals surface area contributed by atoms with Gasteiger partial charge in [0.15, 0.2) is 0 Å². The van der Waals surface area contributed by atoms with E-state index in [1.807, 2.05) is 37.3 Å². The number of ether oxygens (including phenoxy) is 1. The Morgan fingerprint density at radius 3 is 2.32 bits per heavy atom. The summed E-state index contributed by atoms with van der Waals surface area (Å²) in [7, 11) is -1.94. The molecule has 2 rings (SSSR count). The molecule has 1 N–H and O–H groups in total. The molecule has 0 aromatic heterocycles. The fourth-order valence-corrected chi connectivity index (χ4v) is 3.67. The van der Waals surface area contributed by atoms with Gasteiger partial charge in [-0.3, -0.25) is 0 Å². The Bertz CT molecular complexity index is 740. The highest BCUT2D eigenvalue weighted by molar-refractivity contribution is 7.89. The number of rotatable bonds is 6. The lowest BCUT2D eigenvalue weighted by molar-refractivity contribution is 0.410. The van der Waals surface area contributed by atoms with Crippen molar-refractivity contribution < 1.29 is 13.2 Å². The smallest absolute Gasteiger partial charge is 0.240 e. The predicted octanol–water partition coefficient (Wildman–Crippen LogP) is 2.83. The Hall–Kier alpha value is -1.85. The van der Waals surface area contributed by atoms with Crippen LogP contribution in [0.2, 0.25) is 0 Å². The highest BCUT2D eigenvalue weighted by Crippen LogP contribution is 2.26. The van der Waals surface area contributed by atoms with Crippen molar-refractivity contribution in [1.29, 1.82) is 0 Å². The first-order valence-corrected chi connectivity index (χ1v) is 8.62. The number of nitrogens with one attached hydrogen (secondary N) is 1. The number of hydrogen-bond acceptors (Lipinski definition) is 3. The van der Waals surface area contributed by atoms with E-state index >= 15 is 0 Å². The van der Waals surface area contributed by atoms with Gasteiger partial charge < -0.3 is 4.74 Å². The zero-order valence-electron chi connectivity index (χ0n) is 13.1. The van der Waals surface area contributed by atoms with Crippen LogP contribution in [0.25, 0.3) is 0 Å². The molecule has 0 aliphatic rings. The van der Waals surface area contributed by atoms with E-state index in [1.54, 1.807) is 26.2 Å². The summed E-state index contributed by atoms with van der Waals surface area (Å²) in [6.45, 7) is 4.03. The molecule has 4 nitrogen and oxygen atoms in total. The molecule has 118 valence electrons. The maximum absolute atomic E-state index is 12.4. The largest absolute Gasteiger partial charge is 0.496 e. The molecule has 0 fully saturated rings. The zero-order chi connectivity index (χ0) is 16.2. The molecular weight excluding hydrogens is 298 g/mol. The Labute approximate surface area is 132 Å². The normalized spacial score (nSPS) is 11.4. The Morgan fingerprint density at radius 2 is 1.68 bits per heavy atom. The standard InChI is InChI=1S/C17H21NO3S/c1-13-14(2)17(10-9-16(13)21-3)22(19,20)18-12-11-15-7-5-4-6-8-15/h4-10,18H,11-12H2,1-3H3. The zero-order valence-corrected chi connectivity index (χ0v) is 13.9. The molecule has 0 saturated heterocycles. The summed E-state index contributed by atoms with van der Waals surface area (Å²) in [6, 6.07) is 13.1. The number of sulfonamides is 1. The minimum Gasteiger partial charge on any atom is -0.496 e. The molecule has 0 aliphatic heterocycles. The molecule has 0 aliphatic carbocycles. The average molecular weight is 319 g/mol. The first-order chi connectivity index (χ1) is 10.5. The molecule has 0 heterocycles. The molecule has 2 aromatic rings. The van der Waals surface area contributed by atoms with Crippen LogP contribution in [0, 0.1) is 13.8 Å². The molecule has 5 heteroatoms. The topological polar surface area (TPSA) is 55.4 Å². The van der Waals surface area contributed by atoms with E-state index < -0.39 is 10.0 Å². The monoisotopic (exact) mass is 319 g/mol. The van der Waals surface area contributed by atoms with Crippen LogP contribution < -0.4 is 9.46 Å². The first-order valence-electron chi connectivity index (χ1n) is 7.13. The second kappa shape index (κ2) is 6.94. The lowest BCUT2D eigenvalue weighted by atomic mass is 10.1. The molecule has 22 heavy (non-hydrogen) atoms. The lowest BCUT2D eigenvalue weighted by Gasteiger charge is -2.13. The van der Waals surface area contributed by atoms with E-state index in [9.17, 15) is 8.42 Å². The van der Waals surface area contributed by atoms with Crippen molar-refractivity contribution in [2.45, 2.75) is 25.2 Å². The van der Waals surface area contributed by atoms with E-state index in [4.69, 9.17) is 4.74 Å². The number of hydrogen-bond donors (Lipinski definition) is 1. The molecule has 0 bridgehead atoms. The van der Waals surface area contributed by atoms with Crippen LogP contribution >= 0.6 is 0 Å². The summed E-state index contributed by atoms with van der Waals surface area (Å²) in [5.74, 6) is 0.695. The third-order valence-corrected chi connectivity index (χ3v) is 5.35. The fraction of sp³-hybridized carbons (Fsp3) is 0.294. The summed E-state index contributed by atoms with van der Waals surface area (Å²) < 4.78 is 32.8. The van der Waals surface area contributed by atoms with Crippen LogP contribution in [-0.2, 0) is 16.4 Å². The van der Waals surface area contributed by atoms with Gasteiger partial charge in [0.05, 0.1) is 12.0 Å². The third-order valence-electron chi connectivity index (χ3n) is 3.75. The third kappa shape index (κ3) is 3.67. The van der Waals surface area contributed by atoms with Crippen LogP contribution in [0.4, 0.5) is 0 Å². The molecule has 0 radical (unpaired) electrons. The van der Waals surface area contributed by atoms with Crippen LogP contribution in [0.1, 0.15) is 16.7 Å². The van der Waals surface area contributed by atoms with Crippen LogP contribution in [0.3, 0.4) is 0 Å². The van der Waals surface area contributed by atoms with Crippen LogP contribution in [0.5, 0.6) is 5.75 Å². The Kier molecular flexibility index (Phi) is 5.21. The Morgan fingerprint density at radius 1 is 1.00 bits per heavy atom. The van der Waals surface area contributed by atoms with Gasteiger partial charge in [-0.1, -0.05) is 30.3 Å². The summed E-state index contributed by atoms with van der Waals surface area (Å²) in [5.41, 5.74) is 2.66. The van der Waals surface area contributed by atoms with Crippen LogP contribution in [-0.4, -0.2) is 22.1 Å². The van der Waals surface area contributed by atoms with Crippen LogP contribution in [0.15, 0.2) is 47.4 Å². The van der Waals surface area contributed by atoms with Crippen molar-refractivity contribution >= 4 is 10.0 Å². The van der Waals surface area contributed by atoms with E-state index in [1.165, 1.54) is 0 Å². The van der Waals surface area contributed by atoms with Gasteiger partial charge in [0, 0.05) is 6.54 Å². The molecule has 0 unspecified atom stereocenters. The Balaban J connectivity index is 2.12. The van der Waals surface area contributed by atoms with Crippen molar-refractivity contribution in [1.82, 2.24) is 4.72 Å². The second-order valence-corrected chi connectivity index (χ2v) is 6.88. The maximum Gasteiger partial charge on any atom is 0.240 e. The first kappa shape index (κ1) is 16.5. The summed E-state index contributed by atoms with van der Waals surface area (Å²) in [6.07, 6.45) is 0.661. The molecular formula is C17H21NO3S. The van der Waals surface area contributed by atoms with Crippen molar-refractivity contribution in [3.05, 3.63) is 59.2 Å². The minimum absolute atomic E-state index is 0.305. The highest BCUT2D eigenvalue weighted by Gasteiger charge is 2.18. The fourth-order valence-electron chi connectivity index (χ4n) is 2.34. The lowest BCUT2D eigenvalue weighted by Crippen LogP contribution is -2.26. The van der Waals surface area contributed by atoms with Gasteiger partial charge >= 0.3 is 0 Å². The molecule has 0 spiro atoms. The minimum atomic E-state index is -3.51. The molecule has 0 saturated carbocycles. The van der Waals surface area contributed by atoms with Crippen molar-refractivity contribution in [2.75, 3.05) is 13.7 Å². The van der Waals surface area contributed by atoms with Crippen molar-refractivity contribution in [2.24, 2.45) is 0 Å². The summed E-state index contributed by atoms with van der Waals surface area (Å²) >= 11 is 0. The van der Waals surface area contributed by atoms with Crippen molar-refractivity contribution in [3.8, 4) is 5.75 Å². The van der Waals surface area contributed by atoms with Gasteiger partial charge in [-0.2, -0.15) is 0 Å². The SMILES string of the molecule is COc1ccc(S(=O)(=O)NCCc2ccccc2)c(C)c1C. The van der Waals surface area contributed by atoms with Gasteiger partial charge in [0.1, 0.15) is 5.75 Å². The van der Waals surface area contributed by atoms with Crippen molar-refractivity contribution in [3.63, 3.8) is 0 Å². The van der Waals surface area contributed by atoms with Gasteiger partial charge in [0.2, 0.25) is 10.0 Å².